The van der Waals surface area contributed by atoms with Gasteiger partial charge < -0.3 is 4.52 Å². The Morgan fingerprint density at radius 3 is 2.37 bits per heavy atom. The summed E-state index contributed by atoms with van der Waals surface area (Å²) in [5.74, 6) is 0.101. The molecular weight excluding hydrogens is 419 g/mol. The van der Waals surface area contributed by atoms with E-state index in [9.17, 15) is 21.6 Å². The lowest BCUT2D eigenvalue weighted by Gasteiger charge is -2.16. The number of sulfonamides is 1. The van der Waals surface area contributed by atoms with Gasteiger partial charge in [-0.2, -0.15) is 18.2 Å². The van der Waals surface area contributed by atoms with Gasteiger partial charge in [-0.1, -0.05) is 41.6 Å². The Morgan fingerprint density at radius 1 is 0.967 bits per heavy atom. The lowest BCUT2D eigenvalue weighted by molar-refractivity contribution is -0.137. The lowest BCUT2D eigenvalue weighted by atomic mass is 10.1. The van der Waals surface area contributed by atoms with Gasteiger partial charge in [0.25, 0.3) is 10.0 Å². The molecular formula is C20H12F3N3O3S. The van der Waals surface area contributed by atoms with Crippen LogP contribution in [0, 0.1) is 0 Å². The second kappa shape index (κ2) is 6.30. The molecule has 0 N–H and O–H groups in total. The van der Waals surface area contributed by atoms with E-state index < -0.39 is 21.8 Å². The smallest absolute Gasteiger partial charge is 0.337 e. The van der Waals surface area contributed by atoms with E-state index in [2.05, 4.69) is 10.1 Å². The molecule has 6 nitrogen and oxygen atoms in total. The molecule has 2 heterocycles. The fourth-order valence-electron chi connectivity index (χ4n) is 3.50. The quantitative estimate of drug-likeness (QED) is 0.473. The fourth-order valence-corrected chi connectivity index (χ4v) is 5.16. The predicted molar refractivity (Wildman–Crippen MR) is 102 cm³/mol. The SMILES string of the molecule is O=S1(=O)c2cccc3cccc(c23)N1Cc1nc(-c2ccc(C(F)(F)F)cc2)no1. The largest absolute Gasteiger partial charge is 0.416 e. The van der Waals surface area contributed by atoms with E-state index in [0.717, 1.165) is 17.5 Å². The molecule has 0 radical (unpaired) electrons. The highest BCUT2D eigenvalue weighted by molar-refractivity contribution is 7.93. The van der Waals surface area contributed by atoms with Crippen LogP contribution in [0.3, 0.4) is 0 Å². The van der Waals surface area contributed by atoms with Crippen LogP contribution in [0.5, 0.6) is 0 Å². The highest BCUT2D eigenvalue weighted by atomic mass is 32.2. The summed E-state index contributed by atoms with van der Waals surface area (Å²) in [4.78, 5) is 4.37. The maximum atomic E-state index is 13.0. The molecule has 0 atom stereocenters. The molecule has 0 amide bonds. The van der Waals surface area contributed by atoms with Crippen molar-refractivity contribution in [2.75, 3.05) is 4.31 Å². The summed E-state index contributed by atoms with van der Waals surface area (Å²) in [6, 6.07) is 14.7. The number of halogens is 3. The van der Waals surface area contributed by atoms with Crippen LogP contribution >= 0.6 is 0 Å². The van der Waals surface area contributed by atoms with Crippen molar-refractivity contribution in [3.05, 3.63) is 72.1 Å². The molecule has 3 aromatic carbocycles. The molecule has 4 aromatic rings. The minimum atomic E-state index is -4.44. The van der Waals surface area contributed by atoms with Crippen molar-refractivity contribution in [3.63, 3.8) is 0 Å². The molecule has 0 saturated carbocycles. The second-order valence-electron chi connectivity index (χ2n) is 6.73. The summed E-state index contributed by atoms with van der Waals surface area (Å²) in [5.41, 5.74) is 0.0500. The number of hydrogen-bond acceptors (Lipinski definition) is 5. The number of hydrogen-bond donors (Lipinski definition) is 0. The van der Waals surface area contributed by atoms with Crippen LogP contribution in [0.2, 0.25) is 0 Å². The second-order valence-corrected chi connectivity index (χ2v) is 8.56. The van der Waals surface area contributed by atoms with Crippen molar-refractivity contribution in [1.29, 1.82) is 0 Å². The van der Waals surface area contributed by atoms with Crippen molar-refractivity contribution in [3.8, 4) is 11.4 Å². The maximum Gasteiger partial charge on any atom is 0.416 e. The zero-order valence-corrected chi connectivity index (χ0v) is 15.9. The van der Waals surface area contributed by atoms with Gasteiger partial charge in [-0.15, -0.1) is 0 Å². The normalized spacial score (nSPS) is 15.1. The van der Waals surface area contributed by atoms with Gasteiger partial charge in [-0.05, 0) is 29.7 Å². The van der Waals surface area contributed by atoms with Gasteiger partial charge in [0.05, 0.1) is 16.1 Å². The van der Waals surface area contributed by atoms with E-state index in [4.69, 9.17) is 4.52 Å². The molecule has 0 spiro atoms. The molecule has 5 rings (SSSR count). The van der Waals surface area contributed by atoms with E-state index in [-0.39, 0.29) is 23.2 Å². The minimum Gasteiger partial charge on any atom is -0.337 e. The van der Waals surface area contributed by atoms with Crippen LogP contribution in [0.1, 0.15) is 11.5 Å². The van der Waals surface area contributed by atoms with Gasteiger partial charge in [-0.3, -0.25) is 4.31 Å². The van der Waals surface area contributed by atoms with Crippen LogP contribution < -0.4 is 4.31 Å². The summed E-state index contributed by atoms with van der Waals surface area (Å²) < 4.78 is 70.5. The van der Waals surface area contributed by atoms with Crippen LogP contribution in [0.4, 0.5) is 18.9 Å². The van der Waals surface area contributed by atoms with Gasteiger partial charge in [0.1, 0.15) is 6.54 Å². The number of aromatic nitrogens is 2. The third kappa shape index (κ3) is 2.83. The predicted octanol–water partition coefficient (Wildman–Crippen LogP) is 4.62. The zero-order valence-electron chi connectivity index (χ0n) is 15.1. The average Bonchev–Trinajstić information content (AvgIpc) is 3.26. The molecule has 0 fully saturated rings. The Morgan fingerprint density at radius 2 is 1.67 bits per heavy atom. The monoisotopic (exact) mass is 431 g/mol. The third-order valence-corrected chi connectivity index (χ3v) is 6.70. The average molecular weight is 431 g/mol. The van der Waals surface area contributed by atoms with E-state index in [1.807, 2.05) is 12.1 Å². The van der Waals surface area contributed by atoms with Gasteiger partial charge in [0, 0.05) is 10.9 Å². The third-order valence-electron chi connectivity index (χ3n) is 4.90. The first-order valence-corrected chi connectivity index (χ1v) is 10.2. The summed E-state index contributed by atoms with van der Waals surface area (Å²) in [5, 5.41) is 5.20. The van der Waals surface area contributed by atoms with Crippen molar-refractivity contribution in [2.45, 2.75) is 17.6 Å². The Bertz CT molecular complexity index is 1370. The summed E-state index contributed by atoms with van der Waals surface area (Å²) in [6.07, 6.45) is -4.44. The van der Waals surface area contributed by atoms with Crippen LogP contribution in [-0.4, -0.2) is 18.6 Å². The highest BCUT2D eigenvalue weighted by Crippen LogP contribution is 2.42. The van der Waals surface area contributed by atoms with Crippen LogP contribution in [0.15, 0.2) is 70.1 Å². The molecule has 1 aromatic heterocycles. The lowest BCUT2D eigenvalue weighted by Crippen LogP contribution is -2.26. The molecule has 10 heteroatoms. The summed E-state index contributed by atoms with van der Waals surface area (Å²) in [6.45, 7) is -0.191. The fraction of sp³-hybridized carbons (Fsp3) is 0.100. The van der Waals surface area contributed by atoms with Gasteiger partial charge in [-0.25, -0.2) is 8.42 Å². The van der Waals surface area contributed by atoms with Crippen LogP contribution in [-0.2, 0) is 22.7 Å². The number of alkyl halides is 3. The maximum absolute atomic E-state index is 13.0. The Kier molecular flexibility index (Phi) is 3.91. The van der Waals surface area contributed by atoms with E-state index in [0.29, 0.717) is 16.6 Å². The standard InChI is InChI=1S/C20H12F3N3O3S/c21-20(22,23)14-9-7-13(8-10-14)19-24-17(29-25-19)11-26-15-5-1-3-12-4-2-6-16(18(12)15)30(26,27)28/h1-10H,11H2. The molecule has 30 heavy (non-hydrogen) atoms. The van der Waals surface area contributed by atoms with E-state index >= 15 is 0 Å². The molecule has 0 saturated heterocycles. The van der Waals surface area contributed by atoms with Crippen LogP contribution in [0.25, 0.3) is 22.2 Å². The van der Waals surface area contributed by atoms with E-state index in [1.165, 1.54) is 16.4 Å². The van der Waals surface area contributed by atoms with Gasteiger partial charge in [0.15, 0.2) is 0 Å². The van der Waals surface area contributed by atoms with Crippen molar-refractivity contribution in [2.24, 2.45) is 0 Å². The van der Waals surface area contributed by atoms with Crippen molar-refractivity contribution < 1.29 is 26.1 Å². The first-order valence-electron chi connectivity index (χ1n) is 8.80. The Balaban J connectivity index is 1.47. The molecule has 152 valence electrons. The minimum absolute atomic E-state index is 0.0262. The van der Waals surface area contributed by atoms with Crippen molar-refractivity contribution >= 4 is 26.5 Å². The first-order chi connectivity index (χ1) is 14.2. The molecule has 0 unspecified atom stereocenters. The zero-order chi connectivity index (χ0) is 21.1. The van der Waals surface area contributed by atoms with Gasteiger partial charge >= 0.3 is 6.18 Å². The van der Waals surface area contributed by atoms with Gasteiger partial charge in [0.2, 0.25) is 11.7 Å². The number of nitrogens with zero attached hydrogens (tertiary/aromatic N) is 3. The molecule has 0 bridgehead atoms. The molecule has 1 aliphatic heterocycles. The number of rotatable bonds is 3. The Hall–Kier alpha value is -3.40. The highest BCUT2D eigenvalue weighted by Gasteiger charge is 2.36. The number of anilines is 1. The molecule has 1 aliphatic rings. The Labute approximate surface area is 168 Å². The number of benzene rings is 3. The first kappa shape index (κ1) is 18.6. The summed E-state index contributed by atoms with van der Waals surface area (Å²) >= 11 is 0. The molecule has 0 aliphatic carbocycles. The van der Waals surface area contributed by atoms with Crippen molar-refractivity contribution in [1.82, 2.24) is 10.1 Å². The van der Waals surface area contributed by atoms with E-state index in [1.54, 1.807) is 24.3 Å². The summed E-state index contributed by atoms with van der Waals surface area (Å²) in [7, 11) is -3.79. The topological polar surface area (TPSA) is 76.3 Å².